The smallest absolute Gasteiger partial charge is 0.101 e. The van der Waals surface area contributed by atoms with Gasteiger partial charge in [-0.1, -0.05) is 13.2 Å². The first-order chi connectivity index (χ1) is 5.62. The molecule has 0 aliphatic carbocycles. The van der Waals surface area contributed by atoms with Crippen molar-refractivity contribution < 1.29 is 21.5 Å². The number of nitrogens with zero attached hydrogens (tertiary/aromatic N) is 1. The van der Waals surface area contributed by atoms with E-state index in [0.717, 1.165) is 24.0 Å². The van der Waals surface area contributed by atoms with Crippen molar-refractivity contribution in [3.8, 4) is 0 Å². The van der Waals surface area contributed by atoms with E-state index in [9.17, 15) is 0 Å². The van der Waals surface area contributed by atoms with Crippen LogP contribution in [-0.2, 0) is 0 Å². The molecule has 0 aromatic rings. The molecule has 0 aromatic carbocycles. The van der Waals surface area contributed by atoms with Crippen LogP contribution >= 0.6 is 0 Å². The molecule has 13 heavy (non-hydrogen) atoms. The van der Waals surface area contributed by atoms with Gasteiger partial charge in [-0.05, 0) is 31.4 Å². The van der Waals surface area contributed by atoms with Crippen LogP contribution in [0.15, 0.2) is 24.3 Å². The van der Waals surface area contributed by atoms with Gasteiger partial charge in [0, 0.05) is 0 Å². The summed E-state index contributed by atoms with van der Waals surface area (Å²) in [6.45, 7) is 17.4. The number of hydrogen-bond acceptors (Lipinski definition) is 0. The van der Waals surface area contributed by atoms with E-state index in [-0.39, 0.29) is 17.0 Å². The van der Waals surface area contributed by atoms with Crippen LogP contribution in [0.25, 0.3) is 0 Å². The van der Waals surface area contributed by atoms with Gasteiger partial charge in [0.15, 0.2) is 0 Å². The Bertz CT molecular complexity index is 186. The Morgan fingerprint density at radius 2 is 1.46 bits per heavy atom. The standard InChI is InChI=1S/C11H20N.BrH/c1-5-12(6-2)8-10(3)7-11(4)9-12;/h3-9H2,1-2H3;1H/q+1;/p-1. The van der Waals surface area contributed by atoms with Crippen LogP contribution < -0.4 is 17.0 Å². The molecule has 1 fully saturated rings. The third-order valence-electron chi connectivity index (χ3n) is 2.96. The van der Waals surface area contributed by atoms with Crippen LogP contribution in [0.5, 0.6) is 0 Å². The van der Waals surface area contributed by atoms with Crippen molar-refractivity contribution in [2.75, 3.05) is 26.2 Å². The summed E-state index contributed by atoms with van der Waals surface area (Å²) in [5.74, 6) is 0. The summed E-state index contributed by atoms with van der Waals surface area (Å²) in [6.07, 6.45) is 1.06. The Morgan fingerprint density at radius 3 is 1.77 bits per heavy atom. The Hall–Kier alpha value is -0.0800. The van der Waals surface area contributed by atoms with Gasteiger partial charge in [0.2, 0.25) is 0 Å². The number of likely N-dealkylation sites (tertiary alicyclic amines) is 1. The SMILES string of the molecule is C=C1CC(=C)C[N+](CC)(CC)C1.[Br-]. The van der Waals surface area contributed by atoms with Crippen molar-refractivity contribution in [2.24, 2.45) is 0 Å². The Labute approximate surface area is 92.5 Å². The fourth-order valence-electron chi connectivity index (χ4n) is 2.14. The van der Waals surface area contributed by atoms with Gasteiger partial charge in [-0.2, -0.15) is 0 Å². The van der Waals surface area contributed by atoms with Gasteiger partial charge in [0.1, 0.15) is 13.1 Å². The van der Waals surface area contributed by atoms with E-state index in [1.54, 1.807) is 0 Å². The van der Waals surface area contributed by atoms with Crippen molar-refractivity contribution in [3.63, 3.8) is 0 Å². The number of halogens is 1. The molecule has 0 aromatic heterocycles. The number of hydrogen-bond donors (Lipinski definition) is 0. The molecule has 0 bridgehead atoms. The summed E-state index contributed by atoms with van der Waals surface area (Å²) in [5, 5.41) is 0. The van der Waals surface area contributed by atoms with Gasteiger partial charge >= 0.3 is 0 Å². The second-order valence-corrected chi connectivity index (χ2v) is 3.97. The highest BCUT2D eigenvalue weighted by Crippen LogP contribution is 2.24. The summed E-state index contributed by atoms with van der Waals surface area (Å²) in [7, 11) is 0. The average molecular weight is 246 g/mol. The molecule has 2 heteroatoms. The molecule has 1 nitrogen and oxygen atoms in total. The zero-order valence-electron chi connectivity index (χ0n) is 8.77. The maximum atomic E-state index is 4.08. The lowest BCUT2D eigenvalue weighted by atomic mass is 9.99. The van der Waals surface area contributed by atoms with Gasteiger partial charge in [-0.3, -0.25) is 0 Å². The predicted octanol–water partition coefficient (Wildman–Crippen LogP) is -0.637. The molecule has 0 radical (unpaired) electrons. The van der Waals surface area contributed by atoms with Crippen LogP contribution in [0.1, 0.15) is 20.3 Å². The van der Waals surface area contributed by atoms with E-state index in [4.69, 9.17) is 0 Å². The normalized spacial score (nSPS) is 21.1. The van der Waals surface area contributed by atoms with Gasteiger partial charge < -0.3 is 21.5 Å². The minimum absolute atomic E-state index is 0. The molecule has 0 spiro atoms. The van der Waals surface area contributed by atoms with Crippen LogP contribution in [0.4, 0.5) is 0 Å². The van der Waals surface area contributed by atoms with Crippen molar-refractivity contribution in [2.45, 2.75) is 20.3 Å². The lowest BCUT2D eigenvalue weighted by Crippen LogP contribution is -3.00. The molecule has 1 aliphatic heterocycles. The molecule has 1 saturated heterocycles. The molecule has 76 valence electrons. The van der Waals surface area contributed by atoms with Gasteiger partial charge in [0.05, 0.1) is 13.1 Å². The third-order valence-corrected chi connectivity index (χ3v) is 2.96. The minimum atomic E-state index is 0. The van der Waals surface area contributed by atoms with E-state index < -0.39 is 0 Å². The van der Waals surface area contributed by atoms with Gasteiger partial charge in [-0.15, -0.1) is 0 Å². The fraction of sp³-hybridized carbons (Fsp3) is 0.636. The molecule has 1 aliphatic rings. The van der Waals surface area contributed by atoms with E-state index in [1.807, 2.05) is 0 Å². The number of likely N-dealkylation sites (N-methyl/N-ethyl adjacent to an activating group) is 1. The Morgan fingerprint density at radius 1 is 1.08 bits per heavy atom. The summed E-state index contributed by atoms with van der Waals surface area (Å²) >= 11 is 0. The van der Waals surface area contributed by atoms with Crippen molar-refractivity contribution in [1.29, 1.82) is 0 Å². The molecule has 1 heterocycles. The molecule has 1 rings (SSSR count). The molecule has 0 saturated carbocycles. The minimum Gasteiger partial charge on any atom is -1.00 e. The zero-order chi connectivity index (χ0) is 9.19. The summed E-state index contributed by atoms with van der Waals surface area (Å²) in [6, 6.07) is 0. The van der Waals surface area contributed by atoms with E-state index in [2.05, 4.69) is 27.0 Å². The second-order valence-electron chi connectivity index (χ2n) is 3.97. The highest BCUT2D eigenvalue weighted by Gasteiger charge is 2.29. The Kier molecular flexibility index (Phi) is 4.93. The van der Waals surface area contributed by atoms with E-state index in [0.29, 0.717) is 0 Å². The zero-order valence-corrected chi connectivity index (χ0v) is 10.4. The van der Waals surface area contributed by atoms with Crippen molar-refractivity contribution in [1.82, 2.24) is 0 Å². The highest BCUT2D eigenvalue weighted by atomic mass is 79.9. The number of quaternary nitrogens is 1. The molecule has 0 amide bonds. The number of piperidine rings is 1. The second kappa shape index (κ2) is 4.97. The lowest BCUT2D eigenvalue weighted by molar-refractivity contribution is -0.918. The first-order valence-corrected chi connectivity index (χ1v) is 4.80. The summed E-state index contributed by atoms with van der Waals surface area (Å²) < 4.78 is 1.16. The van der Waals surface area contributed by atoms with Gasteiger partial charge in [0.25, 0.3) is 0 Å². The quantitative estimate of drug-likeness (QED) is 0.449. The molecular weight excluding hydrogens is 226 g/mol. The first-order valence-electron chi connectivity index (χ1n) is 4.80. The van der Waals surface area contributed by atoms with Crippen molar-refractivity contribution in [3.05, 3.63) is 24.3 Å². The van der Waals surface area contributed by atoms with E-state index >= 15 is 0 Å². The van der Waals surface area contributed by atoms with Gasteiger partial charge in [-0.25, -0.2) is 0 Å². The van der Waals surface area contributed by atoms with Crippen LogP contribution in [0.3, 0.4) is 0 Å². The monoisotopic (exact) mass is 245 g/mol. The molecular formula is C11H20BrN. The van der Waals surface area contributed by atoms with Crippen LogP contribution in [0, 0.1) is 0 Å². The van der Waals surface area contributed by atoms with E-state index in [1.165, 1.54) is 24.2 Å². The predicted molar refractivity (Wildman–Crippen MR) is 54.0 cm³/mol. The fourth-order valence-corrected chi connectivity index (χ4v) is 2.14. The summed E-state index contributed by atoms with van der Waals surface area (Å²) in [4.78, 5) is 0. The number of rotatable bonds is 2. The first kappa shape index (κ1) is 12.9. The molecule has 0 N–H and O–H groups in total. The van der Waals surface area contributed by atoms with Crippen LogP contribution in [-0.4, -0.2) is 30.7 Å². The largest absolute Gasteiger partial charge is 1.00 e. The maximum absolute atomic E-state index is 4.08. The third kappa shape index (κ3) is 2.96. The summed E-state index contributed by atoms with van der Waals surface area (Å²) in [5.41, 5.74) is 2.71. The molecule has 0 unspecified atom stereocenters. The molecule has 0 atom stereocenters. The topological polar surface area (TPSA) is 0 Å². The Balaban J connectivity index is 0.00000144. The maximum Gasteiger partial charge on any atom is 0.101 e. The van der Waals surface area contributed by atoms with Crippen LogP contribution in [0.2, 0.25) is 0 Å². The highest BCUT2D eigenvalue weighted by molar-refractivity contribution is 5.13. The van der Waals surface area contributed by atoms with Crippen molar-refractivity contribution >= 4 is 0 Å². The average Bonchev–Trinajstić information content (AvgIpc) is 2.02. The lowest BCUT2D eigenvalue weighted by Gasteiger charge is -2.41.